The number of carbonyl (C=O) groups is 1. The zero-order valence-corrected chi connectivity index (χ0v) is 17.4. The van der Waals surface area contributed by atoms with Gasteiger partial charge in [-0.2, -0.15) is 0 Å². The summed E-state index contributed by atoms with van der Waals surface area (Å²) >= 11 is 0. The van der Waals surface area contributed by atoms with Crippen molar-refractivity contribution in [3.05, 3.63) is 48.2 Å². The van der Waals surface area contributed by atoms with Crippen LogP contribution in [0.2, 0.25) is 0 Å². The largest absolute Gasteiger partial charge is 0.355 e. The number of sulfonamides is 1. The molecule has 2 aliphatic rings. The third-order valence-corrected chi connectivity index (χ3v) is 7.79. The molecule has 0 saturated carbocycles. The van der Waals surface area contributed by atoms with Gasteiger partial charge in [-0.1, -0.05) is 17.3 Å². The van der Waals surface area contributed by atoms with Crippen LogP contribution in [0.25, 0.3) is 22.0 Å². The van der Waals surface area contributed by atoms with Gasteiger partial charge in [-0.25, -0.2) is 17.7 Å². The second-order valence-electron chi connectivity index (χ2n) is 7.82. The van der Waals surface area contributed by atoms with Gasteiger partial charge in [0, 0.05) is 19.6 Å². The SMILES string of the molecule is O=C(c1noc2ccc(S(=O)(=O)N3CCn4c3nc3ccccc34)cc12)N1CCCC1. The predicted octanol–water partition coefficient (Wildman–Crippen LogP) is 2.62. The minimum Gasteiger partial charge on any atom is -0.355 e. The molecule has 1 saturated heterocycles. The highest BCUT2D eigenvalue weighted by Crippen LogP contribution is 2.33. The van der Waals surface area contributed by atoms with E-state index in [0.29, 0.717) is 43.1 Å². The smallest absolute Gasteiger partial charge is 0.276 e. The van der Waals surface area contributed by atoms with Crippen LogP contribution in [-0.4, -0.2) is 53.6 Å². The number of likely N-dealkylation sites (tertiary alicyclic amines) is 1. The molecule has 2 aromatic carbocycles. The van der Waals surface area contributed by atoms with Gasteiger partial charge in [0.2, 0.25) is 5.95 Å². The molecule has 158 valence electrons. The van der Waals surface area contributed by atoms with Crippen LogP contribution in [0.4, 0.5) is 5.95 Å². The zero-order valence-electron chi connectivity index (χ0n) is 16.6. The Morgan fingerprint density at radius 1 is 1.00 bits per heavy atom. The highest BCUT2D eigenvalue weighted by Gasteiger charge is 2.34. The van der Waals surface area contributed by atoms with Gasteiger partial charge in [0.05, 0.1) is 27.9 Å². The van der Waals surface area contributed by atoms with Gasteiger partial charge in [0.15, 0.2) is 11.3 Å². The molecule has 9 nitrogen and oxygen atoms in total. The van der Waals surface area contributed by atoms with E-state index in [1.54, 1.807) is 11.0 Å². The van der Waals surface area contributed by atoms with Gasteiger partial charge in [-0.3, -0.25) is 4.79 Å². The van der Waals surface area contributed by atoms with Crippen LogP contribution in [0, 0.1) is 0 Å². The van der Waals surface area contributed by atoms with E-state index in [9.17, 15) is 13.2 Å². The van der Waals surface area contributed by atoms with E-state index in [0.717, 1.165) is 23.9 Å². The number of para-hydroxylation sites is 2. The molecule has 4 aromatic rings. The molecule has 0 bridgehead atoms. The molecule has 1 amide bonds. The van der Waals surface area contributed by atoms with E-state index < -0.39 is 10.0 Å². The maximum absolute atomic E-state index is 13.5. The van der Waals surface area contributed by atoms with Crippen molar-refractivity contribution in [2.45, 2.75) is 24.3 Å². The molecular formula is C21H19N5O4S. The first-order valence-corrected chi connectivity index (χ1v) is 11.6. The van der Waals surface area contributed by atoms with Crippen molar-refractivity contribution in [1.82, 2.24) is 19.6 Å². The Kier molecular flexibility index (Phi) is 3.88. The number of hydrogen-bond acceptors (Lipinski definition) is 6. The number of anilines is 1. The molecule has 0 spiro atoms. The summed E-state index contributed by atoms with van der Waals surface area (Å²) in [5.41, 5.74) is 2.20. The summed E-state index contributed by atoms with van der Waals surface area (Å²) in [5.74, 6) is 0.175. The van der Waals surface area contributed by atoms with E-state index in [-0.39, 0.29) is 16.5 Å². The fourth-order valence-electron chi connectivity index (χ4n) is 4.42. The van der Waals surface area contributed by atoms with Gasteiger partial charge in [0.1, 0.15) is 0 Å². The first kappa shape index (κ1) is 18.4. The lowest BCUT2D eigenvalue weighted by atomic mass is 10.2. The lowest BCUT2D eigenvalue weighted by Crippen LogP contribution is -2.30. The highest BCUT2D eigenvalue weighted by atomic mass is 32.2. The number of imidazole rings is 1. The molecule has 2 aromatic heterocycles. The van der Waals surface area contributed by atoms with Crippen LogP contribution in [0.1, 0.15) is 23.3 Å². The summed E-state index contributed by atoms with van der Waals surface area (Å²) in [7, 11) is -3.87. The Morgan fingerprint density at radius 2 is 1.81 bits per heavy atom. The third-order valence-electron chi connectivity index (χ3n) is 6.01. The summed E-state index contributed by atoms with van der Waals surface area (Å²) in [6, 6.07) is 12.1. The van der Waals surface area contributed by atoms with E-state index in [1.807, 2.05) is 28.8 Å². The van der Waals surface area contributed by atoms with Gasteiger partial charge in [-0.15, -0.1) is 0 Å². The van der Waals surface area contributed by atoms with Crippen LogP contribution in [0.3, 0.4) is 0 Å². The Bertz CT molecular complexity index is 1450. The molecular weight excluding hydrogens is 418 g/mol. The van der Waals surface area contributed by atoms with Gasteiger partial charge in [-0.05, 0) is 43.2 Å². The van der Waals surface area contributed by atoms with Crippen LogP contribution in [0.15, 0.2) is 51.9 Å². The van der Waals surface area contributed by atoms with Crippen LogP contribution < -0.4 is 4.31 Å². The monoisotopic (exact) mass is 437 g/mol. The summed E-state index contributed by atoms with van der Waals surface area (Å²) in [5, 5.41) is 4.34. The lowest BCUT2D eigenvalue weighted by Gasteiger charge is -2.16. The van der Waals surface area contributed by atoms with E-state index in [1.165, 1.54) is 16.4 Å². The molecule has 2 aliphatic heterocycles. The lowest BCUT2D eigenvalue weighted by molar-refractivity contribution is 0.0784. The summed E-state index contributed by atoms with van der Waals surface area (Å²) in [6.07, 6.45) is 1.91. The van der Waals surface area contributed by atoms with Crippen LogP contribution in [0.5, 0.6) is 0 Å². The molecule has 10 heteroatoms. The first-order chi connectivity index (χ1) is 15.0. The number of aromatic nitrogens is 3. The van der Waals surface area contributed by atoms with Crippen molar-refractivity contribution in [2.24, 2.45) is 0 Å². The van der Waals surface area contributed by atoms with Crippen LogP contribution in [-0.2, 0) is 16.6 Å². The molecule has 0 aliphatic carbocycles. The van der Waals surface area contributed by atoms with Gasteiger partial charge >= 0.3 is 0 Å². The maximum Gasteiger partial charge on any atom is 0.276 e. The molecule has 0 unspecified atom stereocenters. The van der Waals surface area contributed by atoms with Crippen molar-refractivity contribution in [1.29, 1.82) is 0 Å². The average Bonchev–Trinajstić information content (AvgIpc) is 3.56. The fraction of sp³-hybridized carbons (Fsp3) is 0.286. The molecule has 0 radical (unpaired) electrons. The van der Waals surface area contributed by atoms with E-state index >= 15 is 0 Å². The van der Waals surface area contributed by atoms with Gasteiger partial charge in [0.25, 0.3) is 15.9 Å². The average molecular weight is 437 g/mol. The second kappa shape index (κ2) is 6.55. The predicted molar refractivity (Wildman–Crippen MR) is 113 cm³/mol. The van der Waals surface area contributed by atoms with Crippen molar-refractivity contribution < 1.29 is 17.7 Å². The highest BCUT2D eigenvalue weighted by molar-refractivity contribution is 7.92. The van der Waals surface area contributed by atoms with E-state index in [4.69, 9.17) is 4.52 Å². The number of benzene rings is 2. The van der Waals surface area contributed by atoms with Crippen molar-refractivity contribution in [2.75, 3.05) is 23.9 Å². The number of hydrogen-bond donors (Lipinski definition) is 0. The quantitative estimate of drug-likeness (QED) is 0.488. The fourth-order valence-corrected chi connectivity index (χ4v) is 5.86. The number of rotatable bonds is 3. The summed E-state index contributed by atoms with van der Waals surface area (Å²) in [4.78, 5) is 19.2. The van der Waals surface area contributed by atoms with E-state index in [2.05, 4.69) is 10.1 Å². The van der Waals surface area contributed by atoms with Crippen molar-refractivity contribution in [3.63, 3.8) is 0 Å². The molecule has 1 fully saturated rings. The molecule has 4 heterocycles. The topological polar surface area (TPSA) is 102 Å². The molecule has 31 heavy (non-hydrogen) atoms. The number of amides is 1. The van der Waals surface area contributed by atoms with Crippen LogP contribution >= 0.6 is 0 Å². The summed E-state index contributed by atoms with van der Waals surface area (Å²) in [6.45, 7) is 2.18. The third kappa shape index (κ3) is 2.67. The molecule has 0 atom stereocenters. The molecule has 0 N–H and O–H groups in total. The Hall–Kier alpha value is -3.40. The number of fused-ring (bicyclic) bond motifs is 4. The standard InChI is InChI=1S/C21H19N5O4S/c27-20(24-9-3-4-10-24)19-15-13-14(7-8-18(15)30-23-19)31(28,29)26-12-11-25-17-6-2-1-5-16(17)22-21(25)26/h1-2,5-8,13H,3-4,9-12H2. The number of carbonyl (C=O) groups excluding carboxylic acids is 1. The molecule has 6 rings (SSSR count). The Labute approximate surface area is 177 Å². The van der Waals surface area contributed by atoms with Crippen molar-refractivity contribution >= 4 is 43.9 Å². The zero-order chi connectivity index (χ0) is 21.2. The number of nitrogens with zero attached hydrogens (tertiary/aromatic N) is 5. The normalized spacial score (nSPS) is 16.5. The Morgan fingerprint density at radius 3 is 2.65 bits per heavy atom. The minimum absolute atomic E-state index is 0.0826. The first-order valence-electron chi connectivity index (χ1n) is 10.2. The second-order valence-corrected chi connectivity index (χ2v) is 9.68. The van der Waals surface area contributed by atoms with Crippen molar-refractivity contribution in [3.8, 4) is 0 Å². The minimum atomic E-state index is -3.87. The van der Waals surface area contributed by atoms with Gasteiger partial charge < -0.3 is 14.0 Å². The Balaban J connectivity index is 1.42. The maximum atomic E-state index is 13.5. The summed E-state index contributed by atoms with van der Waals surface area (Å²) < 4.78 is 35.5.